The summed E-state index contributed by atoms with van der Waals surface area (Å²) in [5.41, 5.74) is 0.249. The summed E-state index contributed by atoms with van der Waals surface area (Å²) in [6.45, 7) is 2.60. The quantitative estimate of drug-likeness (QED) is 0.683. The van der Waals surface area contributed by atoms with Crippen LogP contribution in [0.15, 0.2) is 0 Å². The summed E-state index contributed by atoms with van der Waals surface area (Å²) >= 11 is 0. The number of nitrogens with zero attached hydrogens (tertiary/aromatic N) is 1. The van der Waals surface area contributed by atoms with Gasteiger partial charge in [0.25, 0.3) is 0 Å². The molecule has 1 N–H and O–H groups in total. The third-order valence-electron chi connectivity index (χ3n) is 3.90. The summed E-state index contributed by atoms with van der Waals surface area (Å²) in [5, 5.41) is 8.89. The van der Waals surface area contributed by atoms with Gasteiger partial charge in [0.2, 0.25) is 0 Å². The SMILES string of the molecule is COC(=O)C1CN(CCO)CCC12CC2. The number of carbonyl (C=O) groups excluding carboxylic acids is 1. The second-order valence-electron chi connectivity index (χ2n) is 4.71. The molecule has 4 heteroatoms. The number of β-amino-alcohol motifs (C(OH)–C–C–N with tert-alkyl or cyclic N) is 1. The maximum Gasteiger partial charge on any atom is 0.310 e. The predicted octanol–water partition coefficient (Wildman–Crippen LogP) is 0.254. The van der Waals surface area contributed by atoms with Crippen molar-refractivity contribution in [3.05, 3.63) is 0 Å². The van der Waals surface area contributed by atoms with Crippen molar-refractivity contribution in [2.45, 2.75) is 19.3 Å². The lowest BCUT2D eigenvalue weighted by Gasteiger charge is -2.37. The van der Waals surface area contributed by atoms with E-state index in [2.05, 4.69) is 4.90 Å². The molecule has 4 nitrogen and oxygen atoms in total. The Balaban J connectivity index is 2.00. The van der Waals surface area contributed by atoms with Crippen LogP contribution in [0.3, 0.4) is 0 Å². The van der Waals surface area contributed by atoms with Crippen LogP contribution in [0.1, 0.15) is 19.3 Å². The van der Waals surface area contributed by atoms with Crippen molar-refractivity contribution >= 4 is 5.97 Å². The van der Waals surface area contributed by atoms with Gasteiger partial charge in [-0.25, -0.2) is 0 Å². The average Bonchev–Trinajstić information content (AvgIpc) is 3.01. The number of piperidine rings is 1. The fourth-order valence-electron chi connectivity index (χ4n) is 2.67. The van der Waals surface area contributed by atoms with Crippen LogP contribution in [-0.4, -0.2) is 49.3 Å². The molecular weight excluding hydrogens is 194 g/mol. The Labute approximate surface area is 90.2 Å². The number of methoxy groups -OCH3 is 1. The van der Waals surface area contributed by atoms with Gasteiger partial charge in [-0.3, -0.25) is 4.79 Å². The van der Waals surface area contributed by atoms with Crippen molar-refractivity contribution in [1.82, 2.24) is 4.90 Å². The summed E-state index contributed by atoms with van der Waals surface area (Å²) in [6, 6.07) is 0. The molecule has 0 radical (unpaired) electrons. The van der Waals surface area contributed by atoms with Crippen LogP contribution in [0.5, 0.6) is 0 Å². The Morgan fingerprint density at radius 2 is 2.27 bits per heavy atom. The van der Waals surface area contributed by atoms with Gasteiger partial charge in [0.05, 0.1) is 19.6 Å². The van der Waals surface area contributed by atoms with Gasteiger partial charge in [0, 0.05) is 13.1 Å². The van der Waals surface area contributed by atoms with E-state index in [1.807, 2.05) is 0 Å². The molecule has 1 heterocycles. The Kier molecular flexibility index (Phi) is 2.98. The first kappa shape index (κ1) is 10.9. The van der Waals surface area contributed by atoms with Crippen molar-refractivity contribution in [2.75, 3.05) is 33.4 Å². The van der Waals surface area contributed by atoms with Gasteiger partial charge in [-0.05, 0) is 31.2 Å². The third-order valence-corrected chi connectivity index (χ3v) is 3.90. The highest BCUT2D eigenvalue weighted by Gasteiger charge is 2.54. The Hall–Kier alpha value is -0.610. The van der Waals surface area contributed by atoms with Gasteiger partial charge in [-0.1, -0.05) is 0 Å². The third kappa shape index (κ3) is 2.01. The molecule has 1 unspecified atom stereocenters. The molecule has 15 heavy (non-hydrogen) atoms. The zero-order valence-corrected chi connectivity index (χ0v) is 9.24. The lowest BCUT2D eigenvalue weighted by Crippen LogP contribution is -2.46. The van der Waals surface area contributed by atoms with Gasteiger partial charge < -0.3 is 14.7 Å². The monoisotopic (exact) mass is 213 g/mol. The summed E-state index contributed by atoms with van der Waals surface area (Å²) in [6.07, 6.45) is 3.41. The van der Waals surface area contributed by atoms with Gasteiger partial charge in [0.1, 0.15) is 0 Å². The smallest absolute Gasteiger partial charge is 0.310 e. The van der Waals surface area contributed by atoms with Crippen LogP contribution >= 0.6 is 0 Å². The molecule has 0 aromatic carbocycles. The number of likely N-dealkylation sites (tertiary alicyclic amines) is 1. The van der Waals surface area contributed by atoms with E-state index in [4.69, 9.17) is 9.84 Å². The molecule has 1 aliphatic heterocycles. The molecule has 0 amide bonds. The molecule has 1 aliphatic carbocycles. The van der Waals surface area contributed by atoms with Crippen LogP contribution < -0.4 is 0 Å². The maximum absolute atomic E-state index is 11.7. The molecule has 1 spiro atoms. The minimum absolute atomic E-state index is 0.0304. The van der Waals surface area contributed by atoms with E-state index in [1.54, 1.807) is 0 Å². The number of rotatable bonds is 3. The van der Waals surface area contributed by atoms with Crippen LogP contribution in [0.4, 0.5) is 0 Å². The second-order valence-corrected chi connectivity index (χ2v) is 4.71. The van der Waals surface area contributed by atoms with Crippen LogP contribution in [-0.2, 0) is 9.53 Å². The predicted molar refractivity (Wildman–Crippen MR) is 55.3 cm³/mol. The highest BCUT2D eigenvalue weighted by molar-refractivity contribution is 5.74. The van der Waals surface area contributed by atoms with Crippen molar-refractivity contribution in [3.63, 3.8) is 0 Å². The zero-order chi connectivity index (χ0) is 10.9. The van der Waals surface area contributed by atoms with E-state index in [-0.39, 0.29) is 23.9 Å². The molecule has 1 saturated heterocycles. The summed E-state index contributed by atoms with van der Waals surface area (Å²) < 4.78 is 4.86. The number of hydrogen-bond donors (Lipinski definition) is 1. The Morgan fingerprint density at radius 3 is 2.80 bits per heavy atom. The van der Waals surface area contributed by atoms with Crippen molar-refractivity contribution in [3.8, 4) is 0 Å². The fraction of sp³-hybridized carbons (Fsp3) is 0.909. The number of carbonyl (C=O) groups is 1. The molecule has 1 saturated carbocycles. The number of aliphatic hydroxyl groups excluding tert-OH is 1. The Bertz CT molecular complexity index is 250. The van der Waals surface area contributed by atoms with Gasteiger partial charge in [-0.2, -0.15) is 0 Å². The van der Waals surface area contributed by atoms with E-state index in [0.717, 1.165) is 19.5 Å². The first-order valence-electron chi connectivity index (χ1n) is 5.63. The number of hydrogen-bond acceptors (Lipinski definition) is 4. The molecule has 2 aliphatic rings. The lowest BCUT2D eigenvalue weighted by atomic mass is 9.82. The van der Waals surface area contributed by atoms with E-state index in [0.29, 0.717) is 6.54 Å². The van der Waals surface area contributed by atoms with Gasteiger partial charge in [-0.15, -0.1) is 0 Å². The maximum atomic E-state index is 11.7. The molecule has 0 aromatic rings. The van der Waals surface area contributed by atoms with E-state index < -0.39 is 0 Å². The minimum atomic E-state index is -0.0739. The topological polar surface area (TPSA) is 49.8 Å². The molecule has 2 rings (SSSR count). The summed E-state index contributed by atoms with van der Waals surface area (Å²) in [7, 11) is 1.46. The fourth-order valence-corrected chi connectivity index (χ4v) is 2.67. The first-order valence-corrected chi connectivity index (χ1v) is 5.63. The van der Waals surface area contributed by atoms with Crippen molar-refractivity contribution in [1.29, 1.82) is 0 Å². The summed E-state index contributed by atoms with van der Waals surface area (Å²) in [5.74, 6) is -0.0436. The number of esters is 1. The van der Waals surface area contributed by atoms with Gasteiger partial charge >= 0.3 is 5.97 Å². The zero-order valence-electron chi connectivity index (χ0n) is 9.24. The largest absolute Gasteiger partial charge is 0.469 e. The average molecular weight is 213 g/mol. The van der Waals surface area contributed by atoms with Crippen LogP contribution in [0.25, 0.3) is 0 Å². The molecular formula is C11H19NO3. The molecule has 0 aromatic heterocycles. The van der Waals surface area contributed by atoms with Crippen molar-refractivity contribution in [2.24, 2.45) is 11.3 Å². The Morgan fingerprint density at radius 1 is 1.53 bits per heavy atom. The molecule has 0 bridgehead atoms. The van der Waals surface area contributed by atoms with E-state index in [1.165, 1.54) is 20.0 Å². The molecule has 1 atom stereocenters. The minimum Gasteiger partial charge on any atom is -0.469 e. The number of aliphatic hydroxyl groups is 1. The highest BCUT2D eigenvalue weighted by Crippen LogP contribution is 2.57. The highest BCUT2D eigenvalue weighted by atomic mass is 16.5. The van der Waals surface area contributed by atoms with E-state index >= 15 is 0 Å². The van der Waals surface area contributed by atoms with Crippen molar-refractivity contribution < 1.29 is 14.6 Å². The normalized spacial score (nSPS) is 29.1. The molecule has 2 fully saturated rings. The van der Waals surface area contributed by atoms with Crippen LogP contribution in [0.2, 0.25) is 0 Å². The molecule has 86 valence electrons. The van der Waals surface area contributed by atoms with E-state index in [9.17, 15) is 4.79 Å². The summed E-state index contributed by atoms with van der Waals surface area (Å²) in [4.78, 5) is 13.8. The first-order chi connectivity index (χ1) is 7.22. The van der Waals surface area contributed by atoms with Crippen LogP contribution in [0, 0.1) is 11.3 Å². The lowest BCUT2D eigenvalue weighted by molar-refractivity contribution is -0.150. The standard InChI is InChI=1S/C11H19NO3/c1-15-10(14)9-8-12(6-7-13)5-4-11(9)2-3-11/h9,13H,2-8H2,1H3. The number of ether oxygens (including phenoxy) is 1. The van der Waals surface area contributed by atoms with Gasteiger partial charge in [0.15, 0.2) is 0 Å². The second kappa shape index (κ2) is 4.10.